The second-order valence-corrected chi connectivity index (χ2v) is 17.0. The van der Waals surface area contributed by atoms with Gasteiger partial charge in [-0.05, 0) is 81.1 Å². The van der Waals surface area contributed by atoms with Gasteiger partial charge in [-0.25, -0.2) is 13.9 Å². The van der Waals surface area contributed by atoms with E-state index in [2.05, 4.69) is 16.4 Å². The maximum Gasteiger partial charge on any atom is 0.349 e. The van der Waals surface area contributed by atoms with Gasteiger partial charge in [0.1, 0.15) is 35.1 Å². The first-order valence-electron chi connectivity index (χ1n) is 20.9. The zero-order valence-electron chi connectivity index (χ0n) is 36.4. The van der Waals surface area contributed by atoms with Gasteiger partial charge in [-0.1, -0.05) is 84.9 Å². The number of ether oxygens (including phenoxy) is 4. The molecule has 328 valence electrons. The lowest BCUT2D eigenvalue weighted by atomic mass is 9.80. The number of methoxy groups -OCH3 is 2. The highest BCUT2D eigenvalue weighted by molar-refractivity contribution is 7.44. The molecule has 0 spiro atoms. The molecular weight excluding hydrogens is 809 g/mol. The highest BCUT2D eigenvalue weighted by atomic mass is 31.2. The SMILES string of the molecule is COc1ccc(C(OC[C@H]2OC[C@@H](n3cc(C)c(NCc4ccccc4)nc3=O)[C@@H](F)C2OP(OCCC#N)N(C(C)C)C(C)C)(c2ccccc2)c2ccc(OC)cc2)cc1. The van der Waals surface area contributed by atoms with Crippen LogP contribution in [0.5, 0.6) is 11.5 Å². The molecule has 0 bridgehead atoms. The molecule has 1 aliphatic heterocycles. The molecule has 12 nitrogen and oxygen atoms in total. The molecule has 4 aromatic carbocycles. The van der Waals surface area contributed by atoms with Crippen molar-refractivity contribution >= 4 is 14.3 Å². The maximum absolute atomic E-state index is 17.8. The van der Waals surface area contributed by atoms with Crippen LogP contribution in [0.4, 0.5) is 10.2 Å². The molecule has 5 atom stereocenters. The van der Waals surface area contributed by atoms with Crippen LogP contribution in [0.25, 0.3) is 0 Å². The number of anilines is 1. The average molecular weight is 866 g/mol. The molecular formula is C48H57FN5O7P. The van der Waals surface area contributed by atoms with Crippen molar-refractivity contribution < 1.29 is 32.4 Å². The first kappa shape index (κ1) is 46.3. The van der Waals surface area contributed by atoms with Gasteiger partial charge in [0.2, 0.25) is 0 Å². The summed E-state index contributed by atoms with van der Waals surface area (Å²) < 4.78 is 59.1. The Hall–Kier alpha value is -5.19. The minimum atomic E-state index is -1.94. The number of hydrogen-bond acceptors (Lipinski definition) is 11. The molecule has 1 N–H and O–H groups in total. The summed E-state index contributed by atoms with van der Waals surface area (Å²) in [6, 6.07) is 35.8. The van der Waals surface area contributed by atoms with Crippen LogP contribution in [0, 0.1) is 18.3 Å². The van der Waals surface area contributed by atoms with Gasteiger partial charge < -0.3 is 33.3 Å². The number of aryl methyl sites for hydroxylation is 1. The standard InChI is InChI=1S/C48H57FN5O7P/c1-33(2)54(34(3)4)62(60-28-14-27-50)61-45-43(58-31-42(44(45)49)53-30-35(5)46(52-47(53)55)51-29-36-15-10-8-11-16-36)32-59-48(37-17-12-9-13-18-37,38-19-23-40(56-6)24-20-38)39-21-25-41(57-7)26-22-39/h8-13,15-26,30,33-34,42-45H,14,28-29,31-32H2,1-7H3,(H,51,52,55)/t42-,43-,44-,45?,62?/m1/s1. The van der Waals surface area contributed by atoms with Crippen molar-refractivity contribution in [2.45, 2.75) is 89.7 Å². The van der Waals surface area contributed by atoms with E-state index >= 15 is 4.39 Å². The first-order valence-corrected chi connectivity index (χ1v) is 22.0. The van der Waals surface area contributed by atoms with Crippen LogP contribution in [0.15, 0.2) is 120 Å². The van der Waals surface area contributed by atoms with Gasteiger partial charge in [0.05, 0.1) is 52.6 Å². The molecule has 0 aliphatic carbocycles. The van der Waals surface area contributed by atoms with E-state index in [9.17, 15) is 10.1 Å². The second kappa shape index (κ2) is 21.7. The van der Waals surface area contributed by atoms with E-state index in [0.29, 0.717) is 29.4 Å². The summed E-state index contributed by atoms with van der Waals surface area (Å²) in [5.41, 5.74) is 2.23. The summed E-state index contributed by atoms with van der Waals surface area (Å²) in [4.78, 5) is 18.1. The van der Waals surface area contributed by atoms with Crippen LogP contribution in [0.2, 0.25) is 0 Å². The predicted molar refractivity (Wildman–Crippen MR) is 239 cm³/mol. The highest BCUT2D eigenvalue weighted by Gasteiger charge is 2.48. The molecule has 1 aromatic heterocycles. The Balaban J connectivity index is 1.41. The number of nitriles is 1. The van der Waals surface area contributed by atoms with Gasteiger partial charge in [-0.15, -0.1) is 0 Å². The van der Waals surface area contributed by atoms with Crippen molar-refractivity contribution in [3.05, 3.63) is 154 Å². The van der Waals surface area contributed by atoms with Crippen LogP contribution < -0.4 is 20.5 Å². The number of nitrogens with zero attached hydrogens (tertiary/aromatic N) is 4. The number of hydrogen-bond donors (Lipinski definition) is 1. The van der Waals surface area contributed by atoms with Crippen LogP contribution in [0.1, 0.15) is 68.0 Å². The summed E-state index contributed by atoms with van der Waals surface area (Å²) in [7, 11) is 1.29. The quantitative estimate of drug-likeness (QED) is 0.0457. The second-order valence-electron chi connectivity index (χ2n) is 15.6. The number of alkyl halides is 1. The van der Waals surface area contributed by atoms with E-state index in [1.807, 2.05) is 148 Å². The molecule has 0 saturated carbocycles. The van der Waals surface area contributed by atoms with Crippen molar-refractivity contribution in [1.29, 1.82) is 5.26 Å². The Morgan fingerprint density at radius 1 is 0.903 bits per heavy atom. The van der Waals surface area contributed by atoms with Crippen LogP contribution >= 0.6 is 8.53 Å². The van der Waals surface area contributed by atoms with E-state index in [1.165, 1.54) is 4.57 Å². The fourth-order valence-electron chi connectivity index (χ4n) is 7.78. The molecule has 14 heteroatoms. The Kier molecular flexibility index (Phi) is 16.2. The van der Waals surface area contributed by atoms with Crippen molar-refractivity contribution in [3.8, 4) is 17.6 Å². The molecule has 0 radical (unpaired) electrons. The Morgan fingerprint density at radius 2 is 1.47 bits per heavy atom. The summed E-state index contributed by atoms with van der Waals surface area (Å²) in [5, 5.41) is 12.7. The van der Waals surface area contributed by atoms with Gasteiger partial charge in [0.15, 0.2) is 6.17 Å². The average Bonchev–Trinajstić information content (AvgIpc) is 3.28. The third-order valence-corrected chi connectivity index (χ3v) is 13.0. The minimum absolute atomic E-state index is 0.0578. The van der Waals surface area contributed by atoms with Gasteiger partial charge in [0, 0.05) is 30.4 Å². The normalized spacial score (nSPS) is 18.4. The van der Waals surface area contributed by atoms with Gasteiger partial charge in [-0.2, -0.15) is 10.2 Å². The number of nitrogens with one attached hydrogen (secondary N) is 1. The third-order valence-electron chi connectivity index (χ3n) is 10.8. The van der Waals surface area contributed by atoms with E-state index in [-0.39, 0.29) is 38.3 Å². The summed E-state index contributed by atoms with van der Waals surface area (Å²) in [5.74, 6) is 1.76. The molecule has 1 fully saturated rings. The molecule has 0 amide bonds. The largest absolute Gasteiger partial charge is 0.497 e. The lowest BCUT2D eigenvalue weighted by Crippen LogP contribution is -2.54. The van der Waals surface area contributed by atoms with Crippen molar-refractivity contribution in [3.63, 3.8) is 0 Å². The molecule has 2 unspecified atom stereocenters. The molecule has 5 aromatic rings. The summed E-state index contributed by atoms with van der Waals surface area (Å²) in [6.07, 6.45) is -2.31. The third kappa shape index (κ3) is 10.7. The summed E-state index contributed by atoms with van der Waals surface area (Å²) >= 11 is 0. The van der Waals surface area contributed by atoms with Gasteiger partial charge >= 0.3 is 5.69 Å². The topological polar surface area (TPSA) is 129 Å². The lowest BCUT2D eigenvalue weighted by molar-refractivity contribution is -0.163. The fourth-order valence-corrected chi connectivity index (χ4v) is 9.55. The van der Waals surface area contributed by atoms with E-state index < -0.39 is 44.2 Å². The Morgan fingerprint density at radius 3 is 2.02 bits per heavy atom. The smallest absolute Gasteiger partial charge is 0.349 e. The Bertz CT molecular complexity index is 2200. The zero-order valence-corrected chi connectivity index (χ0v) is 37.3. The number of aromatic nitrogens is 2. The predicted octanol–water partition coefficient (Wildman–Crippen LogP) is 9.13. The van der Waals surface area contributed by atoms with Crippen molar-refractivity contribution in [1.82, 2.24) is 14.2 Å². The molecule has 6 rings (SSSR count). The van der Waals surface area contributed by atoms with Crippen LogP contribution in [-0.4, -0.2) is 78.7 Å². The van der Waals surface area contributed by atoms with Crippen molar-refractivity contribution in [2.75, 3.05) is 39.4 Å². The Labute approximate surface area is 365 Å². The summed E-state index contributed by atoms with van der Waals surface area (Å²) in [6.45, 7) is 10.1. The zero-order chi connectivity index (χ0) is 44.2. The number of halogens is 1. The van der Waals surface area contributed by atoms with Gasteiger partial charge in [0.25, 0.3) is 8.53 Å². The van der Waals surface area contributed by atoms with E-state index in [1.54, 1.807) is 20.4 Å². The van der Waals surface area contributed by atoms with E-state index in [0.717, 1.165) is 22.3 Å². The maximum atomic E-state index is 17.8. The van der Waals surface area contributed by atoms with Crippen molar-refractivity contribution in [2.24, 2.45) is 0 Å². The number of benzene rings is 4. The number of rotatable bonds is 20. The van der Waals surface area contributed by atoms with Gasteiger partial charge in [-0.3, -0.25) is 4.57 Å². The molecule has 1 aliphatic rings. The van der Waals surface area contributed by atoms with Crippen LogP contribution in [-0.2, 0) is 30.7 Å². The molecule has 1 saturated heterocycles. The molecule has 62 heavy (non-hydrogen) atoms. The monoisotopic (exact) mass is 865 g/mol. The highest BCUT2D eigenvalue weighted by Crippen LogP contribution is 2.50. The minimum Gasteiger partial charge on any atom is -0.497 e. The van der Waals surface area contributed by atoms with E-state index in [4.69, 9.17) is 28.0 Å². The molecule has 2 heterocycles. The first-order chi connectivity index (χ1) is 30.0. The van der Waals surface area contributed by atoms with Crippen LogP contribution in [0.3, 0.4) is 0 Å². The fraction of sp³-hybridized carbons (Fsp3) is 0.396. The lowest BCUT2D eigenvalue weighted by Gasteiger charge is -2.44.